The molecule has 154 valence electrons. The molecule has 0 aliphatic carbocycles. The number of carbonyl (C=O) groups excluding carboxylic acids is 1. The lowest BCUT2D eigenvalue weighted by atomic mass is 9.82. The third-order valence-electron chi connectivity index (χ3n) is 6.29. The third-order valence-corrected chi connectivity index (χ3v) is 9.27. The second kappa shape index (κ2) is 7.14. The number of aromatic nitrogens is 2. The Morgan fingerprint density at radius 1 is 1.28 bits per heavy atom. The van der Waals surface area contributed by atoms with Crippen LogP contribution in [0.4, 0.5) is 0 Å². The number of thiophene rings is 1. The van der Waals surface area contributed by atoms with Crippen molar-refractivity contribution in [2.45, 2.75) is 31.3 Å². The Labute approximate surface area is 174 Å². The summed E-state index contributed by atoms with van der Waals surface area (Å²) < 4.78 is 29.8. The van der Waals surface area contributed by atoms with Gasteiger partial charge in [-0.15, -0.1) is 11.3 Å². The maximum absolute atomic E-state index is 12.8. The van der Waals surface area contributed by atoms with E-state index in [4.69, 9.17) is 4.74 Å². The summed E-state index contributed by atoms with van der Waals surface area (Å²) in [6, 6.07) is 2.18. The third kappa shape index (κ3) is 3.49. The van der Waals surface area contributed by atoms with E-state index >= 15 is 0 Å². The van der Waals surface area contributed by atoms with Crippen LogP contribution in [-0.2, 0) is 31.4 Å². The summed E-state index contributed by atoms with van der Waals surface area (Å²) in [4.78, 5) is 25.7. The largest absolute Gasteiger partial charge is 0.370 e. The Balaban J connectivity index is 1.34. The normalized spacial score (nSPS) is 25.1. The zero-order valence-corrected chi connectivity index (χ0v) is 17.7. The van der Waals surface area contributed by atoms with E-state index in [0.29, 0.717) is 26.1 Å². The molecular formula is C20H23N3O4S2. The molecule has 2 aromatic heterocycles. The highest BCUT2D eigenvalue weighted by Gasteiger charge is 2.44. The lowest BCUT2D eigenvalue weighted by Crippen LogP contribution is -2.49. The molecular weight excluding hydrogens is 410 g/mol. The van der Waals surface area contributed by atoms with E-state index in [2.05, 4.69) is 16.0 Å². The first-order valence-electron chi connectivity index (χ1n) is 9.99. The molecule has 1 amide bonds. The zero-order valence-electron chi connectivity index (χ0n) is 16.0. The summed E-state index contributed by atoms with van der Waals surface area (Å²) in [7, 11) is -3.05. The molecule has 5 rings (SSSR count). The lowest BCUT2D eigenvalue weighted by Gasteiger charge is -2.44. The van der Waals surface area contributed by atoms with Gasteiger partial charge in [-0.3, -0.25) is 14.8 Å². The monoisotopic (exact) mass is 433 g/mol. The first kappa shape index (κ1) is 19.1. The SMILES string of the molecule is O=C(C1CCS(=O)(=O)C1)N1CCC2(CC1)OCCc1sc(-c3cnccn3)cc12. The van der Waals surface area contributed by atoms with Crippen molar-refractivity contribution >= 4 is 27.1 Å². The van der Waals surface area contributed by atoms with Crippen molar-refractivity contribution in [2.75, 3.05) is 31.2 Å². The molecule has 1 unspecified atom stereocenters. The number of fused-ring (bicyclic) bond motifs is 2. The number of hydrogen-bond donors (Lipinski definition) is 0. The van der Waals surface area contributed by atoms with E-state index in [-0.39, 0.29) is 28.9 Å². The maximum Gasteiger partial charge on any atom is 0.226 e. The molecule has 29 heavy (non-hydrogen) atoms. The van der Waals surface area contributed by atoms with Crippen molar-refractivity contribution in [1.29, 1.82) is 0 Å². The van der Waals surface area contributed by atoms with Crippen LogP contribution in [-0.4, -0.2) is 60.4 Å². The molecule has 9 heteroatoms. The van der Waals surface area contributed by atoms with E-state index in [0.717, 1.165) is 29.8 Å². The minimum Gasteiger partial charge on any atom is -0.370 e. The topological polar surface area (TPSA) is 89.5 Å². The van der Waals surface area contributed by atoms with Crippen molar-refractivity contribution in [3.05, 3.63) is 35.1 Å². The van der Waals surface area contributed by atoms with Gasteiger partial charge in [0.25, 0.3) is 0 Å². The van der Waals surface area contributed by atoms with E-state index in [1.54, 1.807) is 29.9 Å². The lowest BCUT2D eigenvalue weighted by molar-refractivity contribution is -0.143. The molecule has 0 aromatic carbocycles. The van der Waals surface area contributed by atoms with E-state index in [1.165, 1.54) is 10.4 Å². The fourth-order valence-corrected chi connectivity index (χ4v) is 7.64. The van der Waals surface area contributed by atoms with Gasteiger partial charge >= 0.3 is 0 Å². The van der Waals surface area contributed by atoms with Crippen molar-refractivity contribution in [2.24, 2.45) is 5.92 Å². The number of amides is 1. The Kier molecular flexibility index (Phi) is 4.71. The second-order valence-electron chi connectivity index (χ2n) is 8.06. The zero-order chi connectivity index (χ0) is 20.1. The van der Waals surface area contributed by atoms with Crippen LogP contribution in [0.25, 0.3) is 10.6 Å². The van der Waals surface area contributed by atoms with Crippen molar-refractivity contribution in [3.63, 3.8) is 0 Å². The molecule has 0 N–H and O–H groups in total. The van der Waals surface area contributed by atoms with Crippen molar-refractivity contribution in [1.82, 2.24) is 14.9 Å². The van der Waals surface area contributed by atoms with Gasteiger partial charge in [-0.1, -0.05) is 0 Å². The maximum atomic E-state index is 12.8. The molecule has 2 fully saturated rings. The molecule has 3 aliphatic heterocycles. The molecule has 1 atom stereocenters. The standard InChI is InChI=1S/C20H23N3O4S2/c24-19(14-2-10-29(25,26)13-14)23-7-3-20(4-8-23)15-11-18(16-12-21-5-6-22-16)28-17(15)1-9-27-20/h5-6,11-12,14H,1-4,7-10,13H2. The fourth-order valence-electron chi connectivity index (χ4n) is 4.72. The van der Waals surface area contributed by atoms with E-state index in [1.807, 2.05) is 4.90 Å². The quantitative estimate of drug-likeness (QED) is 0.720. The molecule has 0 radical (unpaired) electrons. The molecule has 2 saturated heterocycles. The predicted molar refractivity (Wildman–Crippen MR) is 109 cm³/mol. The van der Waals surface area contributed by atoms with Crippen LogP contribution in [0.15, 0.2) is 24.7 Å². The fraction of sp³-hybridized carbons (Fsp3) is 0.550. The molecule has 0 bridgehead atoms. The number of likely N-dealkylation sites (tertiary alicyclic amines) is 1. The first-order valence-corrected chi connectivity index (χ1v) is 12.6. The van der Waals surface area contributed by atoms with Gasteiger partial charge in [0, 0.05) is 36.8 Å². The van der Waals surface area contributed by atoms with E-state index in [9.17, 15) is 13.2 Å². The highest BCUT2D eigenvalue weighted by Crippen LogP contribution is 2.46. The Bertz CT molecular complexity index is 1030. The highest BCUT2D eigenvalue weighted by molar-refractivity contribution is 7.91. The summed E-state index contributed by atoms with van der Waals surface area (Å²) in [5, 5.41) is 0. The van der Waals surface area contributed by atoms with Gasteiger partial charge in [0.2, 0.25) is 5.91 Å². The van der Waals surface area contributed by atoms with Crippen LogP contribution in [0.3, 0.4) is 0 Å². The van der Waals surface area contributed by atoms with Crippen molar-refractivity contribution < 1.29 is 17.9 Å². The van der Waals surface area contributed by atoms with Gasteiger partial charge in [-0.25, -0.2) is 8.42 Å². The number of hydrogen-bond acceptors (Lipinski definition) is 7. The van der Waals surface area contributed by atoms with Crippen molar-refractivity contribution in [3.8, 4) is 10.6 Å². The first-order chi connectivity index (χ1) is 14.0. The van der Waals surface area contributed by atoms with Crippen LogP contribution in [0.2, 0.25) is 0 Å². The minimum atomic E-state index is -3.05. The molecule has 2 aromatic rings. The van der Waals surface area contributed by atoms with Crippen LogP contribution in [0.1, 0.15) is 29.7 Å². The molecule has 1 spiro atoms. The number of nitrogens with zero attached hydrogens (tertiary/aromatic N) is 3. The minimum absolute atomic E-state index is 0.000125. The number of carbonyl (C=O) groups is 1. The van der Waals surface area contributed by atoms with Gasteiger partial charge in [0.1, 0.15) is 0 Å². The van der Waals surface area contributed by atoms with Crippen LogP contribution >= 0.6 is 11.3 Å². The molecule has 7 nitrogen and oxygen atoms in total. The van der Waals surface area contributed by atoms with Crippen LogP contribution < -0.4 is 0 Å². The van der Waals surface area contributed by atoms with Crippen LogP contribution in [0.5, 0.6) is 0 Å². The van der Waals surface area contributed by atoms with Crippen LogP contribution in [0, 0.1) is 5.92 Å². The summed E-state index contributed by atoms with van der Waals surface area (Å²) in [6.45, 7) is 1.89. The van der Waals surface area contributed by atoms with Gasteiger partial charge in [-0.2, -0.15) is 0 Å². The average molecular weight is 434 g/mol. The summed E-state index contributed by atoms with van der Waals surface area (Å²) in [5.41, 5.74) is 1.74. The Morgan fingerprint density at radius 2 is 2.10 bits per heavy atom. The molecule has 0 saturated carbocycles. The Morgan fingerprint density at radius 3 is 2.79 bits per heavy atom. The number of piperidine rings is 1. The highest BCUT2D eigenvalue weighted by atomic mass is 32.2. The predicted octanol–water partition coefficient (Wildman–Crippen LogP) is 2.03. The summed E-state index contributed by atoms with van der Waals surface area (Å²) in [6.07, 6.45) is 7.98. The summed E-state index contributed by atoms with van der Waals surface area (Å²) >= 11 is 1.75. The Hall–Kier alpha value is -1.84. The van der Waals surface area contributed by atoms with Gasteiger partial charge < -0.3 is 9.64 Å². The molecule has 5 heterocycles. The molecule has 3 aliphatic rings. The van der Waals surface area contributed by atoms with E-state index < -0.39 is 9.84 Å². The number of ether oxygens (including phenoxy) is 1. The number of rotatable bonds is 2. The van der Waals surface area contributed by atoms with Gasteiger partial charge in [0.15, 0.2) is 9.84 Å². The van der Waals surface area contributed by atoms with Gasteiger partial charge in [0.05, 0.1) is 46.4 Å². The smallest absolute Gasteiger partial charge is 0.226 e. The average Bonchev–Trinajstić information content (AvgIpc) is 3.33. The second-order valence-corrected chi connectivity index (χ2v) is 11.4. The van der Waals surface area contributed by atoms with Gasteiger partial charge in [-0.05, 0) is 30.9 Å². The number of sulfone groups is 1. The summed E-state index contributed by atoms with van der Waals surface area (Å²) in [5.74, 6) is -0.253.